The van der Waals surface area contributed by atoms with Crippen LogP contribution in [0.1, 0.15) is 11.1 Å². The van der Waals surface area contributed by atoms with E-state index in [-0.39, 0.29) is 16.9 Å². The molecule has 1 heterocycles. The van der Waals surface area contributed by atoms with Crippen LogP contribution in [0.2, 0.25) is 0 Å². The molecule has 0 fully saturated rings. The van der Waals surface area contributed by atoms with Gasteiger partial charge >= 0.3 is 0 Å². The number of benzene rings is 2. The summed E-state index contributed by atoms with van der Waals surface area (Å²) >= 11 is 0. The van der Waals surface area contributed by atoms with E-state index in [4.69, 9.17) is 5.26 Å². The molecule has 2 aromatic carbocycles. The minimum absolute atomic E-state index is 0.101. The van der Waals surface area contributed by atoms with E-state index in [1.54, 1.807) is 43.3 Å². The fourth-order valence-corrected chi connectivity index (χ4v) is 2.43. The zero-order valence-corrected chi connectivity index (χ0v) is 11.3. The first kappa shape index (κ1) is 12.9. The van der Waals surface area contributed by atoms with Crippen molar-refractivity contribution in [1.29, 1.82) is 5.26 Å². The third kappa shape index (κ3) is 2.05. The van der Waals surface area contributed by atoms with Gasteiger partial charge in [-0.15, -0.1) is 0 Å². The van der Waals surface area contributed by atoms with Gasteiger partial charge in [0.15, 0.2) is 0 Å². The van der Waals surface area contributed by atoms with Crippen molar-refractivity contribution in [2.45, 2.75) is 6.92 Å². The summed E-state index contributed by atoms with van der Waals surface area (Å²) < 4.78 is 0. The molecule has 0 aliphatic rings. The van der Waals surface area contributed by atoms with Crippen molar-refractivity contribution in [3.05, 3.63) is 63.9 Å². The SMILES string of the molecule is Cc1cc2[nH]c(=O)c(-c3ccccc3)c(O)c2cc1C#N. The summed E-state index contributed by atoms with van der Waals surface area (Å²) in [5.74, 6) is -0.101. The normalized spacial score (nSPS) is 10.5. The van der Waals surface area contributed by atoms with Crippen molar-refractivity contribution in [2.24, 2.45) is 0 Å². The molecule has 21 heavy (non-hydrogen) atoms. The number of aryl methyl sites for hydroxylation is 1. The van der Waals surface area contributed by atoms with Crippen LogP contribution in [0.3, 0.4) is 0 Å². The Morgan fingerprint density at radius 1 is 1.19 bits per heavy atom. The van der Waals surface area contributed by atoms with Crippen LogP contribution >= 0.6 is 0 Å². The van der Waals surface area contributed by atoms with Crippen LogP contribution in [0, 0.1) is 18.3 Å². The first-order valence-corrected chi connectivity index (χ1v) is 6.47. The van der Waals surface area contributed by atoms with Crippen molar-refractivity contribution in [2.75, 3.05) is 0 Å². The van der Waals surface area contributed by atoms with Gasteiger partial charge in [-0.1, -0.05) is 30.3 Å². The smallest absolute Gasteiger partial charge is 0.260 e. The molecule has 3 rings (SSSR count). The molecule has 0 aliphatic heterocycles. The first-order chi connectivity index (χ1) is 10.1. The number of rotatable bonds is 1. The van der Waals surface area contributed by atoms with Crippen molar-refractivity contribution in [1.82, 2.24) is 4.98 Å². The Morgan fingerprint density at radius 2 is 1.90 bits per heavy atom. The summed E-state index contributed by atoms with van der Waals surface area (Å²) in [6, 6.07) is 14.3. The number of pyridine rings is 1. The highest BCUT2D eigenvalue weighted by atomic mass is 16.3. The average Bonchev–Trinajstić information content (AvgIpc) is 2.48. The lowest BCUT2D eigenvalue weighted by atomic mass is 10.0. The number of aromatic nitrogens is 1. The second-order valence-electron chi connectivity index (χ2n) is 4.87. The highest BCUT2D eigenvalue weighted by molar-refractivity contribution is 5.93. The van der Waals surface area contributed by atoms with Gasteiger partial charge in [-0.2, -0.15) is 5.26 Å². The predicted octanol–water partition coefficient (Wildman–Crippen LogP) is 3.08. The maximum atomic E-state index is 12.2. The van der Waals surface area contributed by atoms with Gasteiger partial charge in [0, 0.05) is 5.39 Å². The van der Waals surface area contributed by atoms with Gasteiger partial charge in [0.1, 0.15) is 5.75 Å². The summed E-state index contributed by atoms with van der Waals surface area (Å²) in [5.41, 5.74) is 2.26. The fourth-order valence-electron chi connectivity index (χ4n) is 2.43. The van der Waals surface area contributed by atoms with Gasteiger partial charge < -0.3 is 10.1 Å². The first-order valence-electron chi connectivity index (χ1n) is 6.47. The maximum absolute atomic E-state index is 12.2. The van der Waals surface area contributed by atoms with E-state index in [1.165, 1.54) is 0 Å². The van der Waals surface area contributed by atoms with Crippen molar-refractivity contribution in [3.63, 3.8) is 0 Å². The third-order valence-electron chi connectivity index (χ3n) is 3.51. The lowest BCUT2D eigenvalue weighted by molar-refractivity contribution is 0.482. The van der Waals surface area contributed by atoms with E-state index in [1.807, 2.05) is 6.07 Å². The molecule has 0 saturated heterocycles. The molecular weight excluding hydrogens is 264 g/mol. The number of aromatic hydroxyl groups is 1. The van der Waals surface area contributed by atoms with Gasteiger partial charge in [0.25, 0.3) is 5.56 Å². The van der Waals surface area contributed by atoms with E-state index < -0.39 is 0 Å². The van der Waals surface area contributed by atoms with E-state index in [9.17, 15) is 9.90 Å². The quantitative estimate of drug-likeness (QED) is 0.717. The molecule has 0 spiro atoms. The number of nitriles is 1. The topological polar surface area (TPSA) is 76.9 Å². The molecule has 1 aromatic heterocycles. The third-order valence-corrected chi connectivity index (χ3v) is 3.51. The number of fused-ring (bicyclic) bond motifs is 1. The Balaban J connectivity index is 2.41. The van der Waals surface area contributed by atoms with Gasteiger partial charge in [0.2, 0.25) is 0 Å². The summed E-state index contributed by atoms with van der Waals surface area (Å²) in [7, 11) is 0. The van der Waals surface area contributed by atoms with Crippen molar-refractivity contribution >= 4 is 10.9 Å². The monoisotopic (exact) mass is 276 g/mol. The Kier molecular flexibility index (Phi) is 2.96. The maximum Gasteiger partial charge on any atom is 0.260 e. The van der Waals surface area contributed by atoms with Crippen LogP contribution in [-0.2, 0) is 0 Å². The molecule has 4 heteroatoms. The van der Waals surface area contributed by atoms with E-state index in [2.05, 4.69) is 11.1 Å². The Bertz CT molecular complexity index is 935. The van der Waals surface area contributed by atoms with E-state index >= 15 is 0 Å². The van der Waals surface area contributed by atoms with Crippen LogP contribution in [-0.4, -0.2) is 10.1 Å². The van der Waals surface area contributed by atoms with Crippen molar-refractivity contribution < 1.29 is 5.11 Å². The van der Waals surface area contributed by atoms with Gasteiger partial charge in [-0.05, 0) is 30.2 Å². The number of hydrogen-bond acceptors (Lipinski definition) is 3. The molecule has 0 atom stereocenters. The number of nitrogens with one attached hydrogen (secondary N) is 1. The minimum atomic E-state index is -0.352. The highest BCUT2D eigenvalue weighted by Gasteiger charge is 2.14. The van der Waals surface area contributed by atoms with Crippen LogP contribution in [0.5, 0.6) is 5.75 Å². The van der Waals surface area contributed by atoms with Gasteiger partial charge in [-0.3, -0.25) is 4.79 Å². The van der Waals surface area contributed by atoms with Crippen molar-refractivity contribution in [3.8, 4) is 22.9 Å². The molecule has 0 aliphatic carbocycles. The van der Waals surface area contributed by atoms with Crippen LogP contribution in [0.25, 0.3) is 22.0 Å². The standard InChI is InChI=1S/C17H12N2O2/c1-10-7-14-13(8-12(10)9-18)16(20)15(17(21)19-14)11-5-3-2-4-6-11/h2-8H,1H3,(H2,19,20,21). The molecular formula is C17H12N2O2. The molecule has 102 valence electrons. The van der Waals surface area contributed by atoms with E-state index in [0.717, 1.165) is 5.56 Å². The lowest BCUT2D eigenvalue weighted by Crippen LogP contribution is -2.09. The average molecular weight is 276 g/mol. The summed E-state index contributed by atoms with van der Waals surface area (Å²) in [6.45, 7) is 1.79. The molecule has 2 N–H and O–H groups in total. The molecule has 4 nitrogen and oxygen atoms in total. The fraction of sp³-hybridized carbons (Fsp3) is 0.0588. The summed E-state index contributed by atoms with van der Waals surface area (Å²) in [6.07, 6.45) is 0. The zero-order valence-electron chi connectivity index (χ0n) is 11.3. The minimum Gasteiger partial charge on any atom is -0.506 e. The number of H-pyrrole nitrogens is 1. The van der Waals surface area contributed by atoms with Gasteiger partial charge in [0.05, 0.1) is 22.7 Å². The summed E-state index contributed by atoms with van der Waals surface area (Å²) in [4.78, 5) is 15.0. The van der Waals surface area contributed by atoms with Gasteiger partial charge in [-0.25, -0.2) is 0 Å². The molecule has 0 amide bonds. The Labute approximate surface area is 120 Å². The van der Waals surface area contributed by atoms with Crippen LogP contribution < -0.4 is 5.56 Å². The van der Waals surface area contributed by atoms with Crippen LogP contribution in [0.4, 0.5) is 0 Å². The van der Waals surface area contributed by atoms with Crippen LogP contribution in [0.15, 0.2) is 47.3 Å². The number of aromatic amines is 1. The highest BCUT2D eigenvalue weighted by Crippen LogP contribution is 2.32. The molecule has 0 bridgehead atoms. The van der Waals surface area contributed by atoms with E-state index in [0.29, 0.717) is 22.0 Å². The summed E-state index contributed by atoms with van der Waals surface area (Å²) in [5, 5.41) is 20.0. The second kappa shape index (κ2) is 4.80. The predicted molar refractivity (Wildman–Crippen MR) is 81.1 cm³/mol. The second-order valence-corrected chi connectivity index (χ2v) is 4.87. The Hall–Kier alpha value is -3.06. The lowest BCUT2D eigenvalue weighted by Gasteiger charge is -2.09. The molecule has 0 radical (unpaired) electrons. The molecule has 3 aromatic rings. The number of nitrogens with zero attached hydrogens (tertiary/aromatic N) is 1. The molecule has 0 unspecified atom stereocenters. The number of hydrogen-bond donors (Lipinski definition) is 2. The zero-order chi connectivity index (χ0) is 15.0. The molecule has 0 saturated carbocycles. The largest absolute Gasteiger partial charge is 0.506 e. The Morgan fingerprint density at radius 3 is 2.57 bits per heavy atom.